The van der Waals surface area contributed by atoms with Crippen LogP contribution >= 0.6 is 0 Å². The van der Waals surface area contributed by atoms with Gasteiger partial charge in [-0.25, -0.2) is 0 Å². The molecule has 1 fully saturated rings. The van der Waals surface area contributed by atoms with Gasteiger partial charge in [0.15, 0.2) is 0 Å². The minimum absolute atomic E-state index is 0.0415. The second kappa shape index (κ2) is 5.50. The zero-order valence-electron chi connectivity index (χ0n) is 10.3. The van der Waals surface area contributed by atoms with E-state index in [1.54, 1.807) is 0 Å². The number of carbonyl (C=O) groups is 1. The average Bonchev–Trinajstić information content (AvgIpc) is 2.17. The van der Waals surface area contributed by atoms with Gasteiger partial charge < -0.3 is 4.74 Å². The molecule has 0 aliphatic carbocycles. The maximum atomic E-state index is 11.6. The molecule has 0 amide bonds. The lowest BCUT2D eigenvalue weighted by molar-refractivity contribution is -0.148. The number of carbonyl (C=O) groups excluding carboxylic acids is 1. The van der Waals surface area contributed by atoms with Crippen molar-refractivity contribution in [3.05, 3.63) is 0 Å². The molecule has 88 valence electrons. The molecule has 3 heteroatoms. The number of nitrogens with zero attached hydrogens (tertiary/aromatic N) is 1. The van der Waals surface area contributed by atoms with Gasteiger partial charge in [0.2, 0.25) is 0 Å². The van der Waals surface area contributed by atoms with E-state index >= 15 is 0 Å². The molecule has 1 saturated heterocycles. The third kappa shape index (κ3) is 3.20. The van der Waals surface area contributed by atoms with Crippen molar-refractivity contribution < 1.29 is 9.53 Å². The van der Waals surface area contributed by atoms with E-state index in [2.05, 4.69) is 18.7 Å². The van der Waals surface area contributed by atoms with Gasteiger partial charge in [-0.2, -0.15) is 0 Å². The Labute approximate surface area is 92.8 Å². The Hall–Kier alpha value is -0.570. The number of rotatable bonds is 3. The van der Waals surface area contributed by atoms with Gasteiger partial charge >= 0.3 is 5.97 Å². The topological polar surface area (TPSA) is 29.5 Å². The summed E-state index contributed by atoms with van der Waals surface area (Å²) < 4.78 is 4.85. The van der Waals surface area contributed by atoms with Gasteiger partial charge in [0.25, 0.3) is 0 Å². The molecule has 0 aromatic carbocycles. The van der Waals surface area contributed by atoms with Gasteiger partial charge in [0.1, 0.15) is 6.04 Å². The highest BCUT2D eigenvalue weighted by molar-refractivity contribution is 5.75. The predicted octanol–water partition coefficient (Wildman–Crippen LogP) is 1.92. The maximum Gasteiger partial charge on any atom is 0.323 e. The van der Waals surface area contributed by atoms with Crippen molar-refractivity contribution in [2.24, 2.45) is 11.8 Å². The van der Waals surface area contributed by atoms with Crippen molar-refractivity contribution in [2.45, 2.75) is 39.7 Å². The van der Waals surface area contributed by atoms with Crippen molar-refractivity contribution in [1.29, 1.82) is 0 Å². The quantitative estimate of drug-likeness (QED) is 0.671. The van der Waals surface area contributed by atoms with Gasteiger partial charge in [0, 0.05) is 13.1 Å². The molecule has 0 unspecified atom stereocenters. The van der Waals surface area contributed by atoms with Crippen LogP contribution in [0.2, 0.25) is 0 Å². The lowest BCUT2D eigenvalue weighted by Gasteiger charge is -2.38. The van der Waals surface area contributed by atoms with Crippen LogP contribution in [0.25, 0.3) is 0 Å². The van der Waals surface area contributed by atoms with E-state index in [1.807, 2.05) is 6.92 Å². The Balaban J connectivity index is 2.63. The monoisotopic (exact) mass is 213 g/mol. The molecule has 3 nitrogen and oxygen atoms in total. The number of piperidine rings is 1. The fourth-order valence-corrected chi connectivity index (χ4v) is 2.68. The van der Waals surface area contributed by atoms with E-state index in [9.17, 15) is 4.79 Å². The predicted molar refractivity (Wildman–Crippen MR) is 60.6 cm³/mol. The first kappa shape index (κ1) is 12.5. The summed E-state index contributed by atoms with van der Waals surface area (Å²) in [7, 11) is 1.47. The van der Waals surface area contributed by atoms with Crippen molar-refractivity contribution >= 4 is 5.97 Å². The second-order valence-electron chi connectivity index (χ2n) is 4.85. The summed E-state index contributed by atoms with van der Waals surface area (Å²) in [6.07, 6.45) is 2.11. The van der Waals surface area contributed by atoms with Gasteiger partial charge in [0.05, 0.1) is 7.11 Å². The molecule has 15 heavy (non-hydrogen) atoms. The SMILES string of the molecule is CC[C@H](C(=O)OC)N1C[C@H](C)C[C@@H](C)C1. The number of methoxy groups -OCH3 is 1. The van der Waals surface area contributed by atoms with Gasteiger partial charge in [-0.1, -0.05) is 20.8 Å². The second-order valence-corrected chi connectivity index (χ2v) is 4.85. The molecular formula is C12H23NO2. The summed E-state index contributed by atoms with van der Waals surface area (Å²) >= 11 is 0. The van der Waals surface area contributed by atoms with E-state index < -0.39 is 0 Å². The molecule has 0 N–H and O–H groups in total. The molecule has 1 rings (SSSR count). The van der Waals surface area contributed by atoms with E-state index in [0.29, 0.717) is 11.8 Å². The Kier molecular flexibility index (Phi) is 4.58. The zero-order valence-corrected chi connectivity index (χ0v) is 10.3. The standard InChI is InChI=1S/C12H23NO2/c1-5-11(12(14)15-4)13-7-9(2)6-10(3)8-13/h9-11H,5-8H2,1-4H3/t9-,10-,11-/m1/s1. The summed E-state index contributed by atoms with van der Waals surface area (Å²) in [6, 6.07) is -0.0415. The number of ether oxygens (including phenoxy) is 1. The first-order valence-corrected chi connectivity index (χ1v) is 5.90. The van der Waals surface area contributed by atoms with Crippen molar-refractivity contribution in [3.63, 3.8) is 0 Å². The Morgan fingerprint density at radius 2 is 1.93 bits per heavy atom. The molecule has 0 aromatic rings. The molecule has 1 aliphatic rings. The summed E-state index contributed by atoms with van der Waals surface area (Å²) in [5.74, 6) is 1.29. The highest BCUT2D eigenvalue weighted by Crippen LogP contribution is 2.23. The van der Waals surface area contributed by atoms with Crippen LogP contribution < -0.4 is 0 Å². The maximum absolute atomic E-state index is 11.6. The van der Waals surface area contributed by atoms with Crippen molar-refractivity contribution in [1.82, 2.24) is 4.90 Å². The molecule has 0 aromatic heterocycles. The smallest absolute Gasteiger partial charge is 0.323 e. The fourth-order valence-electron chi connectivity index (χ4n) is 2.68. The van der Waals surface area contributed by atoms with Gasteiger partial charge in [-0.3, -0.25) is 9.69 Å². The normalized spacial score (nSPS) is 29.9. The van der Waals surface area contributed by atoms with Crippen molar-refractivity contribution in [2.75, 3.05) is 20.2 Å². The van der Waals surface area contributed by atoms with Gasteiger partial charge in [-0.05, 0) is 24.7 Å². The lowest BCUT2D eigenvalue weighted by atomic mass is 9.90. The summed E-state index contributed by atoms with van der Waals surface area (Å²) in [5.41, 5.74) is 0. The fraction of sp³-hybridized carbons (Fsp3) is 0.917. The molecule has 0 radical (unpaired) electrons. The molecular weight excluding hydrogens is 190 g/mol. The minimum atomic E-state index is -0.0844. The number of hydrogen-bond acceptors (Lipinski definition) is 3. The zero-order chi connectivity index (χ0) is 11.4. The first-order valence-electron chi connectivity index (χ1n) is 5.90. The van der Waals surface area contributed by atoms with E-state index in [0.717, 1.165) is 19.5 Å². The summed E-state index contributed by atoms with van der Waals surface area (Å²) in [6.45, 7) is 8.61. The molecule has 3 atom stereocenters. The summed E-state index contributed by atoms with van der Waals surface area (Å²) in [5, 5.41) is 0. The first-order chi connectivity index (χ1) is 7.08. The summed E-state index contributed by atoms with van der Waals surface area (Å²) in [4.78, 5) is 13.9. The third-order valence-electron chi connectivity index (χ3n) is 3.20. The molecule has 0 saturated carbocycles. The van der Waals surface area contributed by atoms with Crippen LogP contribution in [0, 0.1) is 11.8 Å². The number of hydrogen-bond donors (Lipinski definition) is 0. The van der Waals surface area contributed by atoms with Crippen LogP contribution in [0.3, 0.4) is 0 Å². The average molecular weight is 213 g/mol. The Morgan fingerprint density at radius 3 is 2.33 bits per heavy atom. The highest BCUT2D eigenvalue weighted by Gasteiger charge is 2.30. The number of esters is 1. The van der Waals surface area contributed by atoms with E-state index in [4.69, 9.17) is 4.74 Å². The van der Waals surface area contributed by atoms with Crippen LogP contribution in [0.4, 0.5) is 0 Å². The van der Waals surface area contributed by atoms with Crippen LogP contribution in [-0.4, -0.2) is 37.1 Å². The molecule has 1 heterocycles. The van der Waals surface area contributed by atoms with E-state index in [-0.39, 0.29) is 12.0 Å². The van der Waals surface area contributed by atoms with E-state index in [1.165, 1.54) is 13.5 Å². The highest BCUT2D eigenvalue weighted by atomic mass is 16.5. The Morgan fingerprint density at radius 1 is 1.40 bits per heavy atom. The Bertz CT molecular complexity index is 208. The lowest BCUT2D eigenvalue weighted by Crippen LogP contribution is -2.48. The number of likely N-dealkylation sites (tertiary alicyclic amines) is 1. The largest absolute Gasteiger partial charge is 0.468 e. The molecule has 1 aliphatic heterocycles. The van der Waals surface area contributed by atoms with Crippen LogP contribution in [0.5, 0.6) is 0 Å². The van der Waals surface area contributed by atoms with Crippen molar-refractivity contribution in [3.8, 4) is 0 Å². The van der Waals surface area contributed by atoms with Crippen LogP contribution in [0.1, 0.15) is 33.6 Å². The minimum Gasteiger partial charge on any atom is -0.468 e. The molecule has 0 spiro atoms. The van der Waals surface area contributed by atoms with Gasteiger partial charge in [-0.15, -0.1) is 0 Å². The third-order valence-corrected chi connectivity index (χ3v) is 3.20. The molecule has 0 bridgehead atoms. The van der Waals surface area contributed by atoms with Crippen LogP contribution in [-0.2, 0) is 9.53 Å². The van der Waals surface area contributed by atoms with Crippen LogP contribution in [0.15, 0.2) is 0 Å².